The lowest BCUT2D eigenvalue weighted by molar-refractivity contribution is 0.199. The fraction of sp³-hybridized carbons (Fsp3) is 0.200. The average molecular weight is 228 g/mol. The average Bonchev–Trinajstić information content (AvgIpc) is 2.29. The largest absolute Gasteiger partial charge is 0.457 e. The minimum absolute atomic E-state index is 0.476. The van der Waals surface area contributed by atoms with Gasteiger partial charge in [-0.25, -0.2) is 0 Å². The molecular formula is C15H16O2. The number of rotatable bonds is 3. The first-order valence-corrected chi connectivity index (χ1v) is 5.68. The third-order valence-electron chi connectivity index (χ3n) is 2.57. The van der Waals surface area contributed by atoms with Crippen LogP contribution in [0.25, 0.3) is 0 Å². The first-order chi connectivity index (χ1) is 8.15. The summed E-state index contributed by atoms with van der Waals surface area (Å²) in [5, 5.41) is 9.50. The second-order valence-electron chi connectivity index (χ2n) is 4.17. The molecule has 1 atom stereocenters. The lowest BCUT2D eigenvalue weighted by atomic mass is 10.1. The Morgan fingerprint density at radius 1 is 1.00 bits per heavy atom. The molecule has 2 aromatic rings. The van der Waals surface area contributed by atoms with Gasteiger partial charge in [0.25, 0.3) is 0 Å². The van der Waals surface area contributed by atoms with Crippen molar-refractivity contribution in [1.82, 2.24) is 0 Å². The van der Waals surface area contributed by atoms with Crippen molar-refractivity contribution in [3.8, 4) is 11.5 Å². The zero-order valence-electron chi connectivity index (χ0n) is 10.1. The number of aliphatic hydroxyl groups is 1. The van der Waals surface area contributed by atoms with Crippen molar-refractivity contribution in [3.05, 3.63) is 59.7 Å². The summed E-state index contributed by atoms with van der Waals surface area (Å²) in [5.41, 5.74) is 2.02. The Bertz CT molecular complexity index is 504. The Hall–Kier alpha value is -1.80. The molecule has 0 saturated heterocycles. The van der Waals surface area contributed by atoms with Crippen molar-refractivity contribution in [2.24, 2.45) is 0 Å². The van der Waals surface area contributed by atoms with Crippen LogP contribution in [-0.4, -0.2) is 5.11 Å². The smallest absolute Gasteiger partial charge is 0.127 e. The summed E-state index contributed by atoms with van der Waals surface area (Å²) in [4.78, 5) is 0. The number of ether oxygens (including phenoxy) is 1. The van der Waals surface area contributed by atoms with E-state index in [1.807, 2.05) is 55.5 Å². The predicted octanol–water partition coefficient (Wildman–Crippen LogP) is 3.84. The molecule has 0 aliphatic rings. The van der Waals surface area contributed by atoms with Gasteiger partial charge in [0, 0.05) is 0 Å². The third kappa shape index (κ3) is 3.08. The Kier molecular flexibility index (Phi) is 3.45. The third-order valence-corrected chi connectivity index (χ3v) is 2.57. The van der Waals surface area contributed by atoms with Crippen molar-refractivity contribution in [2.45, 2.75) is 20.0 Å². The summed E-state index contributed by atoms with van der Waals surface area (Å²) in [6.07, 6.45) is -0.476. The van der Waals surface area contributed by atoms with Gasteiger partial charge in [-0.15, -0.1) is 0 Å². The number of benzene rings is 2. The normalized spacial score (nSPS) is 12.2. The molecule has 88 valence electrons. The van der Waals surface area contributed by atoms with E-state index in [0.29, 0.717) is 0 Å². The van der Waals surface area contributed by atoms with Crippen LogP contribution < -0.4 is 4.74 Å². The molecule has 0 aliphatic heterocycles. The number of aliphatic hydroxyl groups excluding tert-OH is 1. The molecule has 0 bridgehead atoms. The summed E-state index contributed by atoms with van der Waals surface area (Å²) in [6, 6.07) is 15.4. The quantitative estimate of drug-likeness (QED) is 0.864. The molecule has 0 aliphatic carbocycles. The van der Waals surface area contributed by atoms with Crippen LogP contribution >= 0.6 is 0 Å². The van der Waals surface area contributed by atoms with Gasteiger partial charge < -0.3 is 9.84 Å². The van der Waals surface area contributed by atoms with Crippen molar-refractivity contribution < 1.29 is 9.84 Å². The SMILES string of the molecule is Cc1cccc(Oc2cccc(C(C)O)c2)c1. The molecule has 1 N–H and O–H groups in total. The number of hydrogen-bond acceptors (Lipinski definition) is 2. The fourth-order valence-corrected chi connectivity index (χ4v) is 1.65. The molecule has 0 radical (unpaired) electrons. The Balaban J connectivity index is 2.21. The maximum absolute atomic E-state index is 9.50. The van der Waals surface area contributed by atoms with Crippen LogP contribution in [0.2, 0.25) is 0 Å². The lowest BCUT2D eigenvalue weighted by Gasteiger charge is -2.09. The van der Waals surface area contributed by atoms with Crippen LogP contribution in [0.4, 0.5) is 0 Å². The molecular weight excluding hydrogens is 212 g/mol. The van der Waals surface area contributed by atoms with E-state index in [9.17, 15) is 5.11 Å². The first kappa shape index (κ1) is 11.7. The highest BCUT2D eigenvalue weighted by atomic mass is 16.5. The molecule has 2 rings (SSSR count). The minimum Gasteiger partial charge on any atom is -0.457 e. The van der Waals surface area contributed by atoms with Crippen LogP contribution in [0.5, 0.6) is 11.5 Å². The summed E-state index contributed by atoms with van der Waals surface area (Å²) in [5.74, 6) is 1.56. The van der Waals surface area contributed by atoms with Crippen LogP contribution in [-0.2, 0) is 0 Å². The van der Waals surface area contributed by atoms with Crippen molar-refractivity contribution in [1.29, 1.82) is 0 Å². The monoisotopic (exact) mass is 228 g/mol. The van der Waals surface area contributed by atoms with E-state index in [1.54, 1.807) is 6.92 Å². The van der Waals surface area contributed by atoms with Crippen molar-refractivity contribution in [3.63, 3.8) is 0 Å². The second-order valence-corrected chi connectivity index (χ2v) is 4.17. The maximum atomic E-state index is 9.50. The van der Waals surface area contributed by atoms with Crippen molar-refractivity contribution in [2.75, 3.05) is 0 Å². The molecule has 1 unspecified atom stereocenters. The summed E-state index contributed by atoms with van der Waals surface area (Å²) in [7, 11) is 0. The second kappa shape index (κ2) is 5.02. The highest BCUT2D eigenvalue weighted by molar-refractivity contribution is 5.36. The van der Waals surface area contributed by atoms with E-state index in [1.165, 1.54) is 0 Å². The van der Waals surface area contributed by atoms with Gasteiger partial charge in [0.05, 0.1) is 6.10 Å². The van der Waals surface area contributed by atoms with Gasteiger partial charge in [-0.1, -0.05) is 24.3 Å². The summed E-state index contributed by atoms with van der Waals surface area (Å²) >= 11 is 0. The number of aryl methyl sites for hydroxylation is 1. The predicted molar refractivity (Wildman–Crippen MR) is 68.3 cm³/mol. The molecule has 0 saturated carbocycles. The zero-order valence-corrected chi connectivity index (χ0v) is 10.1. The highest BCUT2D eigenvalue weighted by Crippen LogP contribution is 2.24. The standard InChI is InChI=1S/C15H16O2/c1-11-5-3-7-14(9-11)17-15-8-4-6-13(10-15)12(2)16/h3-10,12,16H,1-2H3. The van der Waals surface area contributed by atoms with Gasteiger partial charge in [-0.05, 0) is 49.2 Å². The molecule has 0 fully saturated rings. The topological polar surface area (TPSA) is 29.5 Å². The highest BCUT2D eigenvalue weighted by Gasteiger charge is 2.03. The fourth-order valence-electron chi connectivity index (χ4n) is 1.65. The lowest BCUT2D eigenvalue weighted by Crippen LogP contribution is -1.92. The van der Waals surface area contributed by atoms with E-state index in [-0.39, 0.29) is 0 Å². The number of hydrogen-bond donors (Lipinski definition) is 1. The maximum Gasteiger partial charge on any atom is 0.127 e. The molecule has 0 aromatic heterocycles. The molecule has 2 aromatic carbocycles. The molecule has 0 amide bonds. The van der Waals surface area contributed by atoms with Crippen LogP contribution in [0.15, 0.2) is 48.5 Å². The molecule has 2 nitrogen and oxygen atoms in total. The van der Waals surface area contributed by atoms with E-state index in [4.69, 9.17) is 4.74 Å². The zero-order chi connectivity index (χ0) is 12.3. The van der Waals surface area contributed by atoms with Gasteiger partial charge >= 0.3 is 0 Å². The molecule has 0 spiro atoms. The molecule has 0 heterocycles. The Morgan fingerprint density at radius 2 is 1.65 bits per heavy atom. The summed E-state index contributed by atoms with van der Waals surface area (Å²) < 4.78 is 5.74. The van der Waals surface area contributed by atoms with Gasteiger partial charge in [-0.3, -0.25) is 0 Å². The van der Waals surface area contributed by atoms with Crippen LogP contribution in [0.3, 0.4) is 0 Å². The van der Waals surface area contributed by atoms with Gasteiger partial charge in [0.1, 0.15) is 11.5 Å². The van der Waals surface area contributed by atoms with E-state index >= 15 is 0 Å². The minimum atomic E-state index is -0.476. The Morgan fingerprint density at radius 3 is 2.29 bits per heavy atom. The van der Waals surface area contributed by atoms with Crippen LogP contribution in [0, 0.1) is 6.92 Å². The van der Waals surface area contributed by atoms with E-state index in [0.717, 1.165) is 22.6 Å². The molecule has 17 heavy (non-hydrogen) atoms. The van der Waals surface area contributed by atoms with Gasteiger partial charge in [0.15, 0.2) is 0 Å². The summed E-state index contributed by atoms with van der Waals surface area (Å²) in [6.45, 7) is 3.77. The molecule has 2 heteroatoms. The van der Waals surface area contributed by atoms with Gasteiger partial charge in [0.2, 0.25) is 0 Å². The Labute approximate surface area is 101 Å². The van der Waals surface area contributed by atoms with E-state index in [2.05, 4.69) is 0 Å². The van der Waals surface area contributed by atoms with E-state index < -0.39 is 6.10 Å². The van der Waals surface area contributed by atoms with Crippen LogP contribution in [0.1, 0.15) is 24.2 Å². The van der Waals surface area contributed by atoms with Crippen molar-refractivity contribution >= 4 is 0 Å². The van der Waals surface area contributed by atoms with Gasteiger partial charge in [-0.2, -0.15) is 0 Å². The first-order valence-electron chi connectivity index (χ1n) is 5.68.